The Kier molecular flexibility index (Phi) is 8.34. The number of aromatic nitrogens is 3. The fourth-order valence-corrected chi connectivity index (χ4v) is 5.28. The van der Waals surface area contributed by atoms with Crippen LogP contribution in [0.3, 0.4) is 0 Å². The van der Waals surface area contributed by atoms with E-state index in [4.69, 9.17) is 9.72 Å². The van der Waals surface area contributed by atoms with Gasteiger partial charge in [0, 0.05) is 55.4 Å². The van der Waals surface area contributed by atoms with Gasteiger partial charge in [-0.15, -0.1) is 0 Å². The first-order chi connectivity index (χ1) is 20.7. The number of rotatable bonds is 4. The lowest BCUT2D eigenvalue weighted by molar-refractivity contribution is 0.0240. The lowest BCUT2D eigenvalue weighted by atomic mass is 9.97. The molecule has 0 saturated carbocycles. The van der Waals surface area contributed by atoms with E-state index in [1.165, 1.54) is 0 Å². The first-order valence-corrected chi connectivity index (χ1v) is 14.6. The minimum absolute atomic E-state index is 0.261. The van der Waals surface area contributed by atoms with Gasteiger partial charge in [-0.3, -0.25) is 0 Å². The van der Waals surface area contributed by atoms with E-state index >= 15 is 0 Å². The van der Waals surface area contributed by atoms with Crippen molar-refractivity contribution in [3.8, 4) is 22.3 Å². The summed E-state index contributed by atoms with van der Waals surface area (Å²) in [6.45, 7) is 12.4. The molecule has 1 saturated heterocycles. The molecular weight excluding hydrogens is 542 g/mol. The zero-order valence-corrected chi connectivity index (χ0v) is 25.2. The number of hydrogen-bond acceptors (Lipinski definition) is 6. The molecular formula is C34H37N5O4. The van der Waals surface area contributed by atoms with Gasteiger partial charge in [0.05, 0.1) is 11.8 Å². The van der Waals surface area contributed by atoms with Crippen molar-refractivity contribution in [3.63, 3.8) is 0 Å². The van der Waals surface area contributed by atoms with Crippen LogP contribution in [0.5, 0.6) is 0 Å². The maximum absolute atomic E-state index is 12.4. The summed E-state index contributed by atoms with van der Waals surface area (Å²) in [6.07, 6.45) is 5.30. The number of carbonyl (C=O) groups excluding carboxylic acids is 1. The molecule has 1 N–H and O–H groups in total. The van der Waals surface area contributed by atoms with Crippen molar-refractivity contribution in [2.75, 3.05) is 31.1 Å². The average Bonchev–Trinajstić information content (AvgIpc) is 3.44. The molecule has 222 valence electrons. The van der Waals surface area contributed by atoms with Crippen LogP contribution in [0.4, 0.5) is 10.5 Å². The SMILES string of the molecule is CC.CC(C)(C)OC(=O)N1CCN(c2ccc(-c3cnc4c(-c5cccc6c(C(=O)O)cccc56)cnn4c3)cc2)CC1. The standard InChI is InChI=1S/C32H31N5O4.C2H6/c1-32(2,3)41-31(40)36-16-14-35(15-17-36)23-12-10-21(11-13-23)22-18-33-29-28(19-34-37(29)20-22)26-8-4-7-25-24(26)6-5-9-27(25)30(38)39;1-2/h4-13,18-20H,14-17H2,1-3H3,(H,38,39);1-2H3. The van der Waals surface area contributed by atoms with Crippen LogP contribution in [0.2, 0.25) is 0 Å². The molecule has 0 spiro atoms. The summed E-state index contributed by atoms with van der Waals surface area (Å²) in [7, 11) is 0. The largest absolute Gasteiger partial charge is 0.478 e. The molecule has 1 aliphatic rings. The number of nitrogens with zero attached hydrogens (tertiary/aromatic N) is 5. The zero-order chi connectivity index (χ0) is 30.7. The maximum Gasteiger partial charge on any atom is 0.410 e. The molecule has 3 heterocycles. The molecule has 0 aliphatic carbocycles. The third-order valence-electron chi connectivity index (χ3n) is 7.30. The van der Waals surface area contributed by atoms with Crippen molar-refractivity contribution in [2.45, 2.75) is 40.2 Å². The number of piperazine rings is 1. The van der Waals surface area contributed by atoms with Gasteiger partial charge in [-0.05, 0) is 60.9 Å². The zero-order valence-electron chi connectivity index (χ0n) is 25.2. The topological polar surface area (TPSA) is 100 Å². The van der Waals surface area contributed by atoms with Crippen LogP contribution in [0.25, 0.3) is 38.7 Å². The van der Waals surface area contributed by atoms with Crippen LogP contribution in [0, 0.1) is 0 Å². The van der Waals surface area contributed by atoms with Crippen LogP contribution in [-0.2, 0) is 4.74 Å². The van der Waals surface area contributed by atoms with Crippen molar-refractivity contribution >= 4 is 34.2 Å². The average molecular weight is 580 g/mol. The molecule has 6 rings (SSSR count). The number of carbonyl (C=O) groups is 2. The van der Waals surface area contributed by atoms with E-state index in [1.807, 2.05) is 71.3 Å². The summed E-state index contributed by atoms with van der Waals surface area (Å²) in [5.41, 5.74) is 5.24. The van der Waals surface area contributed by atoms with Crippen molar-refractivity contribution in [3.05, 3.63) is 84.8 Å². The summed E-state index contributed by atoms with van der Waals surface area (Å²) in [5.74, 6) is -0.954. The summed E-state index contributed by atoms with van der Waals surface area (Å²) >= 11 is 0. The van der Waals surface area contributed by atoms with Gasteiger partial charge >= 0.3 is 12.1 Å². The fourth-order valence-electron chi connectivity index (χ4n) is 5.28. The molecule has 5 aromatic rings. The second-order valence-electron chi connectivity index (χ2n) is 11.2. The highest BCUT2D eigenvalue weighted by atomic mass is 16.6. The Labute approximate surface area is 251 Å². The summed E-state index contributed by atoms with van der Waals surface area (Å²) < 4.78 is 7.26. The number of carboxylic acids is 1. The smallest absolute Gasteiger partial charge is 0.410 e. The van der Waals surface area contributed by atoms with E-state index in [9.17, 15) is 14.7 Å². The van der Waals surface area contributed by atoms with E-state index in [0.717, 1.165) is 46.4 Å². The monoisotopic (exact) mass is 579 g/mol. The molecule has 1 aliphatic heterocycles. The van der Waals surface area contributed by atoms with Gasteiger partial charge in [0.2, 0.25) is 0 Å². The number of carboxylic acid groups (broad SMARTS) is 1. The molecule has 3 aromatic carbocycles. The Hall–Kier alpha value is -4.92. The van der Waals surface area contributed by atoms with Crippen LogP contribution in [0.15, 0.2) is 79.3 Å². The van der Waals surface area contributed by atoms with Crippen LogP contribution in [-0.4, -0.2) is 68.4 Å². The van der Waals surface area contributed by atoms with E-state index in [0.29, 0.717) is 24.1 Å². The van der Waals surface area contributed by atoms with Gasteiger partial charge in [-0.25, -0.2) is 19.1 Å². The summed E-state index contributed by atoms with van der Waals surface area (Å²) in [6, 6.07) is 19.3. The minimum Gasteiger partial charge on any atom is -0.478 e. The number of benzene rings is 3. The van der Waals surface area contributed by atoms with Crippen molar-refractivity contribution in [2.24, 2.45) is 0 Å². The Morgan fingerprint density at radius 1 is 0.814 bits per heavy atom. The molecule has 0 bridgehead atoms. The van der Waals surface area contributed by atoms with Crippen molar-refractivity contribution in [1.82, 2.24) is 19.5 Å². The molecule has 0 atom stereocenters. The molecule has 0 radical (unpaired) electrons. The first-order valence-electron chi connectivity index (χ1n) is 14.6. The number of amides is 1. The van der Waals surface area contributed by atoms with Gasteiger partial charge in [0.1, 0.15) is 5.60 Å². The fraction of sp³-hybridized carbons (Fsp3) is 0.294. The Morgan fingerprint density at radius 3 is 2.16 bits per heavy atom. The number of hydrogen-bond donors (Lipinski definition) is 1. The minimum atomic E-state index is -0.954. The summed E-state index contributed by atoms with van der Waals surface area (Å²) in [5, 5.41) is 15.7. The molecule has 2 aromatic heterocycles. The molecule has 1 amide bonds. The molecule has 9 nitrogen and oxygen atoms in total. The quantitative estimate of drug-likeness (QED) is 0.245. The third kappa shape index (κ3) is 6.16. The van der Waals surface area contributed by atoms with Crippen LogP contribution in [0.1, 0.15) is 45.0 Å². The predicted octanol–water partition coefficient (Wildman–Crippen LogP) is 7.00. The Balaban J connectivity index is 0.00000180. The van der Waals surface area contributed by atoms with Gasteiger partial charge in [-0.1, -0.05) is 56.3 Å². The molecule has 0 unspecified atom stereocenters. The molecule has 9 heteroatoms. The highest BCUT2D eigenvalue weighted by molar-refractivity contribution is 6.09. The lowest BCUT2D eigenvalue weighted by Gasteiger charge is -2.36. The van der Waals surface area contributed by atoms with Gasteiger partial charge in [0.25, 0.3) is 0 Å². The number of anilines is 1. The summed E-state index contributed by atoms with van der Waals surface area (Å²) in [4.78, 5) is 32.9. The first kappa shape index (κ1) is 29.6. The predicted molar refractivity (Wildman–Crippen MR) is 170 cm³/mol. The number of fused-ring (bicyclic) bond motifs is 2. The second-order valence-corrected chi connectivity index (χ2v) is 11.2. The van der Waals surface area contributed by atoms with E-state index < -0.39 is 11.6 Å². The van der Waals surface area contributed by atoms with Crippen molar-refractivity contribution in [1.29, 1.82) is 0 Å². The highest BCUT2D eigenvalue weighted by Gasteiger charge is 2.26. The second kappa shape index (κ2) is 12.1. The van der Waals surface area contributed by atoms with E-state index in [1.54, 1.807) is 27.7 Å². The lowest BCUT2D eigenvalue weighted by Crippen LogP contribution is -2.50. The number of ether oxygens (including phenoxy) is 1. The van der Waals surface area contributed by atoms with Crippen molar-refractivity contribution < 1.29 is 19.4 Å². The van der Waals surface area contributed by atoms with Crippen LogP contribution < -0.4 is 4.90 Å². The molecule has 43 heavy (non-hydrogen) atoms. The Morgan fingerprint density at radius 2 is 1.49 bits per heavy atom. The van der Waals surface area contributed by atoms with Crippen LogP contribution >= 0.6 is 0 Å². The Bertz CT molecular complexity index is 1760. The molecule has 1 fully saturated rings. The van der Waals surface area contributed by atoms with Gasteiger partial charge in [-0.2, -0.15) is 5.10 Å². The third-order valence-corrected chi connectivity index (χ3v) is 7.30. The van der Waals surface area contributed by atoms with Gasteiger partial charge in [0.15, 0.2) is 5.65 Å². The van der Waals surface area contributed by atoms with E-state index in [2.05, 4.69) is 34.3 Å². The highest BCUT2D eigenvalue weighted by Crippen LogP contribution is 2.33. The normalized spacial score (nSPS) is 13.5. The number of aromatic carboxylic acids is 1. The van der Waals surface area contributed by atoms with E-state index in [-0.39, 0.29) is 11.7 Å². The maximum atomic E-state index is 12.4. The van der Waals surface area contributed by atoms with Gasteiger partial charge < -0.3 is 19.6 Å².